The molecule has 2 rings (SSSR count). The summed E-state index contributed by atoms with van der Waals surface area (Å²) in [6.07, 6.45) is -0.0746. The van der Waals surface area contributed by atoms with Crippen LogP contribution in [-0.4, -0.2) is 49.0 Å². The van der Waals surface area contributed by atoms with E-state index in [9.17, 15) is 9.59 Å². The lowest BCUT2D eigenvalue weighted by atomic mass is 10.0. The maximum Gasteiger partial charge on any atom is 0.410 e. The first-order valence-corrected chi connectivity index (χ1v) is 8.17. The fourth-order valence-corrected chi connectivity index (χ4v) is 2.47. The summed E-state index contributed by atoms with van der Waals surface area (Å²) >= 11 is 0. The van der Waals surface area contributed by atoms with Crippen molar-refractivity contribution in [3.05, 3.63) is 71.8 Å². The van der Waals surface area contributed by atoms with Gasteiger partial charge in [0.25, 0.3) is 0 Å². The molecular formula is C20H24N2O3. The molecule has 1 atom stereocenters. The Balaban J connectivity index is 2.06. The standard InChI is InChI=1S/C20H24N2O3/c1-21(2)19(23)18(14-16-10-6-4-7-11-16)22(3)20(24)25-15-17-12-8-5-9-13-17/h4-13,18H,14-15H2,1-3H3. The van der Waals surface area contributed by atoms with Gasteiger partial charge in [0.05, 0.1) is 0 Å². The van der Waals surface area contributed by atoms with Crippen LogP contribution in [0.15, 0.2) is 60.7 Å². The summed E-state index contributed by atoms with van der Waals surface area (Å²) < 4.78 is 5.35. The highest BCUT2D eigenvalue weighted by Crippen LogP contribution is 2.12. The largest absolute Gasteiger partial charge is 0.445 e. The minimum atomic E-state index is -0.610. The molecule has 0 N–H and O–H groups in total. The number of amides is 2. The molecule has 132 valence electrons. The third kappa shape index (κ3) is 5.35. The Kier molecular flexibility index (Phi) is 6.57. The summed E-state index contributed by atoms with van der Waals surface area (Å²) in [7, 11) is 4.97. The van der Waals surface area contributed by atoms with Crippen LogP contribution in [-0.2, 0) is 22.6 Å². The van der Waals surface area contributed by atoms with Crippen LogP contribution < -0.4 is 0 Å². The first-order valence-electron chi connectivity index (χ1n) is 8.17. The Morgan fingerprint density at radius 3 is 1.92 bits per heavy atom. The van der Waals surface area contributed by atoms with E-state index in [-0.39, 0.29) is 12.5 Å². The second kappa shape index (κ2) is 8.87. The van der Waals surface area contributed by atoms with Gasteiger partial charge in [0, 0.05) is 27.6 Å². The maximum atomic E-state index is 12.5. The molecule has 0 radical (unpaired) electrons. The molecule has 0 heterocycles. The Morgan fingerprint density at radius 1 is 0.880 bits per heavy atom. The minimum absolute atomic E-state index is 0.136. The topological polar surface area (TPSA) is 49.9 Å². The van der Waals surface area contributed by atoms with E-state index in [1.165, 1.54) is 9.80 Å². The fraction of sp³-hybridized carbons (Fsp3) is 0.300. The molecule has 2 aromatic carbocycles. The highest BCUT2D eigenvalue weighted by atomic mass is 16.6. The predicted octanol–water partition coefficient (Wildman–Crippen LogP) is 2.95. The Morgan fingerprint density at radius 2 is 1.40 bits per heavy atom. The molecule has 0 aliphatic heterocycles. The molecule has 0 aromatic heterocycles. The molecule has 25 heavy (non-hydrogen) atoms. The van der Waals surface area contributed by atoms with E-state index >= 15 is 0 Å². The number of hydrogen-bond acceptors (Lipinski definition) is 3. The molecule has 0 bridgehead atoms. The Labute approximate surface area is 148 Å². The normalized spacial score (nSPS) is 11.5. The summed E-state index contributed by atoms with van der Waals surface area (Å²) in [6.45, 7) is 0.179. The minimum Gasteiger partial charge on any atom is -0.445 e. The number of hydrogen-bond donors (Lipinski definition) is 0. The van der Waals surface area contributed by atoms with E-state index in [1.807, 2.05) is 60.7 Å². The summed E-state index contributed by atoms with van der Waals surface area (Å²) in [5, 5.41) is 0. The van der Waals surface area contributed by atoms with Crippen molar-refractivity contribution in [3.8, 4) is 0 Å². The third-order valence-electron chi connectivity index (χ3n) is 3.96. The van der Waals surface area contributed by atoms with Gasteiger partial charge in [-0.1, -0.05) is 60.7 Å². The van der Waals surface area contributed by atoms with Crippen LogP contribution in [0, 0.1) is 0 Å². The molecule has 2 amide bonds. The average molecular weight is 340 g/mol. The number of likely N-dealkylation sites (N-methyl/N-ethyl adjacent to an activating group) is 2. The lowest BCUT2D eigenvalue weighted by Crippen LogP contribution is -2.48. The van der Waals surface area contributed by atoms with E-state index in [0.717, 1.165) is 11.1 Å². The van der Waals surface area contributed by atoms with Gasteiger partial charge in [-0.3, -0.25) is 9.69 Å². The van der Waals surface area contributed by atoms with Gasteiger partial charge < -0.3 is 9.64 Å². The smallest absolute Gasteiger partial charge is 0.410 e. The van der Waals surface area contributed by atoms with E-state index in [2.05, 4.69) is 0 Å². The zero-order valence-electron chi connectivity index (χ0n) is 14.9. The predicted molar refractivity (Wildman–Crippen MR) is 97.0 cm³/mol. The molecule has 0 saturated carbocycles. The summed E-state index contributed by atoms with van der Waals surface area (Å²) in [6, 6.07) is 18.5. The summed E-state index contributed by atoms with van der Waals surface area (Å²) in [5.74, 6) is -0.136. The van der Waals surface area contributed by atoms with Gasteiger partial charge in [0.2, 0.25) is 5.91 Å². The van der Waals surface area contributed by atoms with Gasteiger partial charge in [-0.05, 0) is 11.1 Å². The van der Waals surface area contributed by atoms with Gasteiger partial charge in [0.15, 0.2) is 0 Å². The van der Waals surface area contributed by atoms with Crippen LogP contribution in [0.4, 0.5) is 4.79 Å². The molecule has 0 spiro atoms. The molecule has 2 aromatic rings. The van der Waals surface area contributed by atoms with Crippen molar-refractivity contribution in [1.82, 2.24) is 9.80 Å². The lowest BCUT2D eigenvalue weighted by Gasteiger charge is -2.29. The molecular weight excluding hydrogens is 316 g/mol. The van der Waals surface area contributed by atoms with Crippen molar-refractivity contribution in [1.29, 1.82) is 0 Å². The quantitative estimate of drug-likeness (QED) is 0.812. The number of benzene rings is 2. The van der Waals surface area contributed by atoms with Crippen LogP contribution in [0.3, 0.4) is 0 Å². The first-order chi connectivity index (χ1) is 12.0. The van der Waals surface area contributed by atoms with Crippen LogP contribution in [0.25, 0.3) is 0 Å². The monoisotopic (exact) mass is 340 g/mol. The van der Waals surface area contributed by atoms with Crippen molar-refractivity contribution < 1.29 is 14.3 Å². The van der Waals surface area contributed by atoms with Crippen molar-refractivity contribution in [2.24, 2.45) is 0 Å². The Bertz CT molecular complexity index is 687. The van der Waals surface area contributed by atoms with E-state index in [1.54, 1.807) is 21.1 Å². The van der Waals surface area contributed by atoms with E-state index in [4.69, 9.17) is 4.74 Å². The summed E-state index contributed by atoms with van der Waals surface area (Å²) in [4.78, 5) is 27.8. The van der Waals surface area contributed by atoms with Gasteiger partial charge in [0.1, 0.15) is 12.6 Å². The second-order valence-electron chi connectivity index (χ2n) is 6.09. The van der Waals surface area contributed by atoms with Gasteiger partial charge in [-0.25, -0.2) is 4.79 Å². The molecule has 0 aliphatic carbocycles. The number of rotatable bonds is 6. The summed E-state index contributed by atoms with van der Waals surface area (Å²) in [5.41, 5.74) is 1.90. The van der Waals surface area contributed by atoms with E-state index in [0.29, 0.717) is 6.42 Å². The van der Waals surface area contributed by atoms with Crippen molar-refractivity contribution in [2.45, 2.75) is 19.1 Å². The number of carbonyl (C=O) groups excluding carboxylic acids is 2. The van der Waals surface area contributed by atoms with Crippen LogP contribution in [0.1, 0.15) is 11.1 Å². The third-order valence-corrected chi connectivity index (χ3v) is 3.96. The van der Waals surface area contributed by atoms with Crippen LogP contribution in [0.5, 0.6) is 0 Å². The maximum absolute atomic E-state index is 12.5. The molecule has 5 heteroatoms. The van der Waals surface area contributed by atoms with Gasteiger partial charge in [-0.15, -0.1) is 0 Å². The SMILES string of the molecule is CN(C)C(=O)C(Cc1ccccc1)N(C)C(=O)OCc1ccccc1. The molecule has 5 nitrogen and oxygen atoms in total. The zero-order chi connectivity index (χ0) is 18.2. The number of carbonyl (C=O) groups is 2. The van der Waals surface area contributed by atoms with Crippen molar-refractivity contribution in [2.75, 3.05) is 21.1 Å². The highest BCUT2D eigenvalue weighted by molar-refractivity contribution is 5.85. The lowest BCUT2D eigenvalue weighted by molar-refractivity contribution is -0.133. The molecule has 0 saturated heterocycles. The molecule has 1 unspecified atom stereocenters. The fourth-order valence-electron chi connectivity index (χ4n) is 2.47. The second-order valence-corrected chi connectivity index (χ2v) is 6.09. The average Bonchev–Trinajstić information content (AvgIpc) is 2.64. The number of nitrogens with zero attached hydrogens (tertiary/aromatic N) is 2. The molecule has 0 fully saturated rings. The highest BCUT2D eigenvalue weighted by Gasteiger charge is 2.29. The molecule has 0 aliphatic rings. The van der Waals surface area contributed by atoms with Gasteiger partial charge >= 0.3 is 6.09 Å². The van der Waals surface area contributed by atoms with Crippen molar-refractivity contribution >= 4 is 12.0 Å². The van der Waals surface area contributed by atoms with E-state index < -0.39 is 12.1 Å². The Hall–Kier alpha value is -2.82. The number of ether oxygens (including phenoxy) is 1. The van der Waals surface area contributed by atoms with Gasteiger partial charge in [-0.2, -0.15) is 0 Å². The van der Waals surface area contributed by atoms with Crippen molar-refractivity contribution in [3.63, 3.8) is 0 Å². The zero-order valence-corrected chi connectivity index (χ0v) is 14.9. The van der Waals surface area contributed by atoms with Crippen LogP contribution >= 0.6 is 0 Å². The van der Waals surface area contributed by atoms with Crippen LogP contribution in [0.2, 0.25) is 0 Å². The first kappa shape index (κ1) is 18.5.